The minimum atomic E-state index is -0.353. The second-order valence-electron chi connectivity index (χ2n) is 7.43. The summed E-state index contributed by atoms with van der Waals surface area (Å²) >= 11 is 6.09. The van der Waals surface area contributed by atoms with Crippen molar-refractivity contribution in [3.05, 3.63) is 58.1 Å². The number of nitrogens with zero attached hydrogens (tertiary/aromatic N) is 1. The normalized spacial score (nSPS) is 16.4. The van der Waals surface area contributed by atoms with Gasteiger partial charge >= 0.3 is 5.97 Å². The molecular formula is C23H28ClN3O5. The van der Waals surface area contributed by atoms with E-state index in [0.717, 1.165) is 18.7 Å². The Labute approximate surface area is 192 Å². The number of hydrogen-bond donors (Lipinski definition) is 2. The fourth-order valence-electron chi connectivity index (χ4n) is 3.49. The van der Waals surface area contributed by atoms with E-state index in [1.165, 1.54) is 13.2 Å². The maximum Gasteiger partial charge on any atom is 0.337 e. The molecule has 0 radical (unpaired) electrons. The van der Waals surface area contributed by atoms with Gasteiger partial charge in [-0.15, -0.1) is 0 Å². The highest BCUT2D eigenvalue weighted by Crippen LogP contribution is 2.29. The van der Waals surface area contributed by atoms with Crippen LogP contribution in [0.15, 0.2) is 36.4 Å². The van der Waals surface area contributed by atoms with E-state index in [0.29, 0.717) is 53.9 Å². The first kappa shape index (κ1) is 23.8. The third-order valence-electron chi connectivity index (χ3n) is 5.14. The average molecular weight is 462 g/mol. The number of halogens is 1. The molecule has 3 rings (SSSR count). The Morgan fingerprint density at radius 2 is 2.03 bits per heavy atom. The first-order chi connectivity index (χ1) is 15.4. The average Bonchev–Trinajstić information content (AvgIpc) is 2.80. The second-order valence-corrected chi connectivity index (χ2v) is 7.84. The van der Waals surface area contributed by atoms with Crippen LogP contribution in [0.1, 0.15) is 33.2 Å². The minimum absolute atomic E-state index is 0.151. The highest BCUT2D eigenvalue weighted by Gasteiger charge is 2.23. The number of benzene rings is 2. The lowest BCUT2D eigenvalue weighted by atomic mass is 10.1. The molecule has 0 spiro atoms. The number of esters is 1. The van der Waals surface area contributed by atoms with Gasteiger partial charge in [-0.1, -0.05) is 23.7 Å². The van der Waals surface area contributed by atoms with Crippen LogP contribution in [0.4, 0.5) is 5.69 Å². The SMILES string of the molecule is CCOc1cc(N)c(Cl)cc1C(=O)NCC1CN(Cc2ccc(C(=O)OC)cc2)CCO1. The van der Waals surface area contributed by atoms with E-state index in [1.807, 2.05) is 19.1 Å². The summed E-state index contributed by atoms with van der Waals surface area (Å²) in [7, 11) is 1.36. The number of nitrogen functional groups attached to an aromatic ring is 1. The third kappa shape index (κ3) is 6.12. The fraction of sp³-hybridized carbons (Fsp3) is 0.391. The zero-order valence-corrected chi connectivity index (χ0v) is 19.0. The molecule has 8 nitrogen and oxygen atoms in total. The summed E-state index contributed by atoms with van der Waals surface area (Å²) in [6, 6.07) is 10.4. The van der Waals surface area contributed by atoms with Gasteiger partial charge in [0.1, 0.15) is 5.75 Å². The summed E-state index contributed by atoms with van der Waals surface area (Å²) < 4.78 is 16.1. The second kappa shape index (κ2) is 11.2. The molecule has 32 heavy (non-hydrogen) atoms. The predicted molar refractivity (Wildman–Crippen MR) is 122 cm³/mol. The molecule has 2 aromatic rings. The first-order valence-electron chi connectivity index (χ1n) is 10.4. The van der Waals surface area contributed by atoms with Gasteiger partial charge in [-0.25, -0.2) is 4.79 Å². The quantitative estimate of drug-likeness (QED) is 0.460. The third-order valence-corrected chi connectivity index (χ3v) is 5.47. The van der Waals surface area contributed by atoms with Crippen molar-refractivity contribution in [3.8, 4) is 5.75 Å². The summed E-state index contributed by atoms with van der Waals surface area (Å²) in [6.07, 6.45) is -0.151. The molecule has 2 aromatic carbocycles. The number of anilines is 1. The Kier molecular flexibility index (Phi) is 8.33. The van der Waals surface area contributed by atoms with E-state index in [9.17, 15) is 9.59 Å². The van der Waals surface area contributed by atoms with Crippen molar-refractivity contribution in [2.75, 3.05) is 45.7 Å². The fourth-order valence-corrected chi connectivity index (χ4v) is 3.66. The number of ether oxygens (including phenoxy) is 3. The summed E-state index contributed by atoms with van der Waals surface area (Å²) in [5.41, 5.74) is 8.13. The van der Waals surface area contributed by atoms with Crippen LogP contribution in [-0.2, 0) is 16.0 Å². The van der Waals surface area contributed by atoms with E-state index in [2.05, 4.69) is 10.2 Å². The molecule has 1 unspecified atom stereocenters. The van der Waals surface area contributed by atoms with Gasteiger partial charge in [0.2, 0.25) is 0 Å². The van der Waals surface area contributed by atoms with Crippen LogP contribution < -0.4 is 15.8 Å². The Morgan fingerprint density at radius 3 is 2.72 bits per heavy atom. The van der Waals surface area contributed by atoms with Crippen molar-refractivity contribution in [2.45, 2.75) is 19.6 Å². The van der Waals surface area contributed by atoms with Crippen LogP contribution in [0, 0.1) is 0 Å². The van der Waals surface area contributed by atoms with Crippen molar-refractivity contribution in [2.24, 2.45) is 0 Å². The molecule has 1 aliphatic heterocycles. The van der Waals surface area contributed by atoms with Crippen LogP contribution in [0.2, 0.25) is 5.02 Å². The van der Waals surface area contributed by atoms with Crippen molar-refractivity contribution in [1.29, 1.82) is 0 Å². The number of carbonyl (C=O) groups excluding carboxylic acids is 2. The van der Waals surface area contributed by atoms with E-state index >= 15 is 0 Å². The van der Waals surface area contributed by atoms with Gasteiger partial charge in [0.15, 0.2) is 0 Å². The van der Waals surface area contributed by atoms with Crippen molar-refractivity contribution >= 4 is 29.2 Å². The zero-order valence-electron chi connectivity index (χ0n) is 18.2. The Morgan fingerprint density at radius 1 is 1.28 bits per heavy atom. The monoisotopic (exact) mass is 461 g/mol. The lowest BCUT2D eigenvalue weighted by molar-refractivity contribution is -0.0292. The standard InChI is InChI=1S/C23H28ClN3O5/c1-3-31-21-11-20(25)19(24)10-18(21)22(28)26-12-17-14-27(8-9-32-17)13-15-4-6-16(7-5-15)23(29)30-2/h4-7,10-11,17H,3,8-9,12-14,25H2,1-2H3,(H,26,28). The summed E-state index contributed by atoms with van der Waals surface area (Å²) in [6.45, 7) is 5.33. The van der Waals surface area contributed by atoms with E-state index in [4.69, 9.17) is 31.5 Å². The first-order valence-corrected chi connectivity index (χ1v) is 10.8. The number of rotatable bonds is 8. The van der Waals surface area contributed by atoms with Crippen LogP contribution >= 0.6 is 11.6 Å². The van der Waals surface area contributed by atoms with Crippen LogP contribution in [-0.4, -0.2) is 62.8 Å². The summed E-state index contributed by atoms with van der Waals surface area (Å²) in [5.74, 6) is -0.253. The highest BCUT2D eigenvalue weighted by molar-refractivity contribution is 6.33. The van der Waals surface area contributed by atoms with Crippen molar-refractivity contribution in [1.82, 2.24) is 10.2 Å². The summed E-state index contributed by atoms with van der Waals surface area (Å²) in [4.78, 5) is 26.6. The number of amides is 1. The van der Waals surface area contributed by atoms with Gasteiger partial charge in [0.05, 0.1) is 48.3 Å². The topological polar surface area (TPSA) is 103 Å². The number of nitrogens with one attached hydrogen (secondary N) is 1. The number of methoxy groups -OCH3 is 1. The van der Waals surface area contributed by atoms with E-state index in [1.54, 1.807) is 18.2 Å². The van der Waals surface area contributed by atoms with Gasteiger partial charge in [-0.05, 0) is 30.7 Å². The van der Waals surface area contributed by atoms with E-state index < -0.39 is 0 Å². The predicted octanol–water partition coefficient (Wildman–Crippen LogP) is 2.74. The molecule has 0 aromatic heterocycles. The van der Waals surface area contributed by atoms with Crippen LogP contribution in [0.5, 0.6) is 5.75 Å². The van der Waals surface area contributed by atoms with Crippen LogP contribution in [0.25, 0.3) is 0 Å². The van der Waals surface area contributed by atoms with Crippen LogP contribution in [0.3, 0.4) is 0 Å². The maximum absolute atomic E-state index is 12.7. The molecule has 0 saturated carbocycles. The molecule has 172 valence electrons. The molecule has 1 atom stereocenters. The van der Waals surface area contributed by atoms with Gasteiger partial charge in [0.25, 0.3) is 5.91 Å². The highest BCUT2D eigenvalue weighted by atomic mass is 35.5. The molecule has 1 heterocycles. The lowest BCUT2D eigenvalue weighted by Gasteiger charge is -2.33. The molecule has 1 amide bonds. The number of hydrogen-bond acceptors (Lipinski definition) is 7. The van der Waals surface area contributed by atoms with E-state index in [-0.39, 0.29) is 18.0 Å². The van der Waals surface area contributed by atoms with Gasteiger partial charge in [0, 0.05) is 32.2 Å². The molecule has 9 heteroatoms. The number of carbonyl (C=O) groups is 2. The Bertz CT molecular complexity index is 951. The molecule has 0 bridgehead atoms. The zero-order chi connectivity index (χ0) is 23.1. The van der Waals surface area contributed by atoms with Gasteiger partial charge < -0.3 is 25.3 Å². The Balaban J connectivity index is 1.56. The van der Waals surface area contributed by atoms with Gasteiger partial charge in [-0.2, -0.15) is 0 Å². The smallest absolute Gasteiger partial charge is 0.337 e. The van der Waals surface area contributed by atoms with Crippen molar-refractivity contribution < 1.29 is 23.8 Å². The summed E-state index contributed by atoms with van der Waals surface area (Å²) in [5, 5.41) is 3.21. The van der Waals surface area contributed by atoms with Crippen molar-refractivity contribution in [3.63, 3.8) is 0 Å². The lowest BCUT2D eigenvalue weighted by Crippen LogP contribution is -2.47. The minimum Gasteiger partial charge on any atom is -0.493 e. The molecule has 1 saturated heterocycles. The molecule has 1 fully saturated rings. The molecular weight excluding hydrogens is 434 g/mol. The maximum atomic E-state index is 12.7. The number of morpholine rings is 1. The molecule has 0 aliphatic carbocycles. The van der Waals surface area contributed by atoms with Gasteiger partial charge in [-0.3, -0.25) is 9.69 Å². The number of nitrogens with two attached hydrogens (primary N) is 1. The molecule has 1 aliphatic rings. The largest absolute Gasteiger partial charge is 0.493 e. The molecule has 3 N–H and O–H groups in total. The Hall–Kier alpha value is -2.81.